The molecule has 1 amide bonds. The molecule has 1 N–H and O–H groups in total. The number of carbonyl (C=O) groups excluding carboxylic acids is 2. The van der Waals surface area contributed by atoms with Crippen molar-refractivity contribution in [1.29, 1.82) is 0 Å². The molecule has 0 saturated carbocycles. The molecule has 1 aromatic carbocycles. The zero-order valence-electron chi connectivity index (χ0n) is 18.6. The number of aryl methyl sites for hydroxylation is 3. The quantitative estimate of drug-likeness (QED) is 0.537. The van der Waals surface area contributed by atoms with Gasteiger partial charge in [-0.15, -0.1) is 11.3 Å². The van der Waals surface area contributed by atoms with Crippen LogP contribution in [0.3, 0.4) is 0 Å². The molecule has 3 aromatic rings. The van der Waals surface area contributed by atoms with Crippen molar-refractivity contribution in [3.63, 3.8) is 0 Å². The van der Waals surface area contributed by atoms with Crippen LogP contribution in [-0.2, 0) is 22.5 Å². The number of ether oxygens (including phenoxy) is 2. The Morgan fingerprint density at radius 2 is 2.03 bits per heavy atom. The number of aromatic nitrogens is 2. The van der Waals surface area contributed by atoms with Crippen molar-refractivity contribution in [1.82, 2.24) is 9.55 Å². The minimum absolute atomic E-state index is 0.118. The van der Waals surface area contributed by atoms with Gasteiger partial charge in [-0.25, -0.2) is 9.78 Å². The third kappa shape index (κ3) is 4.60. The summed E-state index contributed by atoms with van der Waals surface area (Å²) in [5, 5.41) is 3.63. The van der Waals surface area contributed by atoms with Gasteiger partial charge in [0, 0.05) is 24.1 Å². The van der Waals surface area contributed by atoms with Gasteiger partial charge < -0.3 is 14.8 Å². The van der Waals surface area contributed by atoms with Gasteiger partial charge in [0.25, 0.3) is 11.5 Å². The van der Waals surface area contributed by atoms with Gasteiger partial charge in [0.1, 0.15) is 21.3 Å². The fourth-order valence-corrected chi connectivity index (χ4v) is 5.16. The summed E-state index contributed by atoms with van der Waals surface area (Å²) in [6.45, 7) is 3.67. The van der Waals surface area contributed by atoms with Gasteiger partial charge in [-0.3, -0.25) is 14.2 Å². The average Bonchev–Trinajstić information content (AvgIpc) is 2.95. The Bertz CT molecular complexity index is 1310. The van der Waals surface area contributed by atoms with Gasteiger partial charge in [0.15, 0.2) is 6.61 Å². The van der Waals surface area contributed by atoms with E-state index in [-0.39, 0.29) is 10.4 Å². The van der Waals surface area contributed by atoms with Crippen LogP contribution in [0, 0.1) is 13.8 Å². The van der Waals surface area contributed by atoms with Gasteiger partial charge in [-0.1, -0.05) is 18.0 Å². The molecule has 3 heterocycles. The lowest BCUT2D eigenvalue weighted by Crippen LogP contribution is -2.24. The lowest BCUT2D eigenvalue weighted by atomic mass is 10.2. The molecule has 0 fully saturated rings. The van der Waals surface area contributed by atoms with E-state index in [4.69, 9.17) is 21.1 Å². The number of rotatable bonds is 5. The SMILES string of the molecule is COc1cc(Cl)c(C)cc1NC(=O)COC(=O)c1sc2nc3n(c(=O)c2c1C)CCCCC3. The first kappa shape index (κ1) is 23.3. The second kappa shape index (κ2) is 9.52. The van der Waals surface area contributed by atoms with E-state index in [0.717, 1.165) is 48.4 Å². The number of thiophene rings is 1. The number of methoxy groups -OCH3 is 1. The predicted molar refractivity (Wildman–Crippen MR) is 128 cm³/mol. The number of fused-ring (bicyclic) bond motifs is 2. The highest BCUT2D eigenvalue weighted by molar-refractivity contribution is 7.20. The van der Waals surface area contributed by atoms with E-state index in [1.54, 1.807) is 30.5 Å². The summed E-state index contributed by atoms with van der Waals surface area (Å²) in [7, 11) is 1.47. The highest BCUT2D eigenvalue weighted by Gasteiger charge is 2.23. The highest BCUT2D eigenvalue weighted by Crippen LogP contribution is 2.31. The van der Waals surface area contributed by atoms with E-state index in [0.29, 0.717) is 38.8 Å². The number of benzene rings is 1. The fourth-order valence-electron chi connectivity index (χ4n) is 3.92. The van der Waals surface area contributed by atoms with E-state index in [2.05, 4.69) is 10.3 Å². The van der Waals surface area contributed by atoms with Crippen LogP contribution in [0.25, 0.3) is 10.2 Å². The smallest absolute Gasteiger partial charge is 0.349 e. The van der Waals surface area contributed by atoms with Crippen molar-refractivity contribution in [3.05, 3.63) is 49.3 Å². The Kier molecular flexibility index (Phi) is 6.71. The molecule has 0 saturated heterocycles. The summed E-state index contributed by atoms with van der Waals surface area (Å²) in [6.07, 6.45) is 3.74. The number of amides is 1. The fraction of sp³-hybridized carbons (Fsp3) is 0.391. The molecule has 4 rings (SSSR count). The van der Waals surface area contributed by atoms with Gasteiger partial charge >= 0.3 is 5.97 Å². The predicted octanol–water partition coefficient (Wildman–Crippen LogP) is 4.26. The van der Waals surface area contributed by atoms with Crippen molar-refractivity contribution >= 4 is 50.7 Å². The standard InChI is InChI=1S/C23H24ClN3O5S/c1-12-9-15(16(31-3)10-14(12)24)25-18(28)11-32-23(30)20-13(2)19-21(33-20)26-17-7-5-4-6-8-27(17)22(19)29/h9-10H,4-8,11H2,1-3H3,(H,25,28). The maximum Gasteiger partial charge on any atom is 0.349 e. The number of carbonyl (C=O) groups is 2. The van der Waals surface area contributed by atoms with Crippen molar-refractivity contribution < 1.29 is 19.1 Å². The van der Waals surface area contributed by atoms with E-state index < -0.39 is 18.5 Å². The highest BCUT2D eigenvalue weighted by atomic mass is 35.5. The third-order valence-electron chi connectivity index (χ3n) is 5.69. The number of nitrogens with one attached hydrogen (secondary N) is 1. The van der Waals surface area contributed by atoms with Gasteiger partial charge in [0.2, 0.25) is 0 Å². The van der Waals surface area contributed by atoms with Crippen LogP contribution in [0.5, 0.6) is 5.75 Å². The summed E-state index contributed by atoms with van der Waals surface area (Å²) in [6, 6.07) is 3.28. The van der Waals surface area contributed by atoms with Crippen LogP contribution in [0.15, 0.2) is 16.9 Å². The maximum absolute atomic E-state index is 13.1. The first-order valence-corrected chi connectivity index (χ1v) is 11.8. The first-order chi connectivity index (χ1) is 15.8. The van der Waals surface area contributed by atoms with Crippen LogP contribution in [0.1, 0.15) is 45.9 Å². The Hall–Kier alpha value is -2.91. The molecule has 0 bridgehead atoms. The van der Waals surface area contributed by atoms with E-state index in [9.17, 15) is 14.4 Å². The molecule has 1 aliphatic rings. The topological polar surface area (TPSA) is 99.5 Å². The van der Waals surface area contributed by atoms with E-state index >= 15 is 0 Å². The molecule has 0 aliphatic carbocycles. The average molecular weight is 490 g/mol. The summed E-state index contributed by atoms with van der Waals surface area (Å²) >= 11 is 7.22. The molecular formula is C23H24ClN3O5S. The number of nitrogens with zero attached hydrogens (tertiary/aromatic N) is 2. The minimum atomic E-state index is -0.663. The van der Waals surface area contributed by atoms with Crippen LogP contribution >= 0.6 is 22.9 Å². The lowest BCUT2D eigenvalue weighted by Gasteiger charge is -2.12. The molecule has 1 aliphatic heterocycles. The van der Waals surface area contributed by atoms with E-state index in [1.807, 2.05) is 0 Å². The number of hydrogen-bond donors (Lipinski definition) is 1. The number of esters is 1. The molecule has 174 valence electrons. The largest absolute Gasteiger partial charge is 0.495 e. The van der Waals surface area contributed by atoms with Crippen LogP contribution < -0.4 is 15.6 Å². The van der Waals surface area contributed by atoms with Crippen molar-refractivity contribution in [2.24, 2.45) is 0 Å². The molecule has 0 atom stereocenters. The normalized spacial score (nSPS) is 13.3. The molecular weight excluding hydrogens is 466 g/mol. The number of halogens is 1. The molecule has 8 nitrogen and oxygen atoms in total. The summed E-state index contributed by atoms with van der Waals surface area (Å²) in [5.41, 5.74) is 1.61. The second-order valence-electron chi connectivity index (χ2n) is 7.96. The van der Waals surface area contributed by atoms with Crippen molar-refractivity contribution in [3.8, 4) is 5.75 Å². The van der Waals surface area contributed by atoms with E-state index in [1.165, 1.54) is 7.11 Å². The number of anilines is 1. The van der Waals surface area contributed by atoms with Gasteiger partial charge in [-0.2, -0.15) is 0 Å². The Morgan fingerprint density at radius 3 is 2.79 bits per heavy atom. The Morgan fingerprint density at radius 1 is 1.24 bits per heavy atom. The van der Waals surface area contributed by atoms with Gasteiger partial charge in [-0.05, 0) is 43.9 Å². The zero-order valence-corrected chi connectivity index (χ0v) is 20.2. The third-order valence-corrected chi connectivity index (χ3v) is 7.26. The molecule has 0 radical (unpaired) electrons. The Labute approximate surface area is 199 Å². The molecule has 0 spiro atoms. The molecule has 33 heavy (non-hydrogen) atoms. The van der Waals surface area contributed by atoms with Crippen molar-refractivity contribution in [2.45, 2.75) is 46.1 Å². The maximum atomic E-state index is 13.1. The monoisotopic (exact) mass is 489 g/mol. The van der Waals surface area contributed by atoms with Crippen LogP contribution in [-0.4, -0.2) is 35.1 Å². The number of hydrogen-bond acceptors (Lipinski definition) is 7. The molecule has 0 unspecified atom stereocenters. The lowest BCUT2D eigenvalue weighted by molar-refractivity contribution is -0.119. The van der Waals surface area contributed by atoms with Crippen LogP contribution in [0.4, 0.5) is 5.69 Å². The summed E-state index contributed by atoms with van der Waals surface area (Å²) in [5.74, 6) is -0.0220. The molecule has 10 heteroatoms. The van der Waals surface area contributed by atoms with Crippen molar-refractivity contribution in [2.75, 3.05) is 19.0 Å². The summed E-state index contributed by atoms with van der Waals surface area (Å²) in [4.78, 5) is 43.6. The molecule has 2 aromatic heterocycles. The summed E-state index contributed by atoms with van der Waals surface area (Å²) < 4.78 is 12.2. The van der Waals surface area contributed by atoms with Gasteiger partial charge in [0.05, 0.1) is 18.2 Å². The van der Waals surface area contributed by atoms with Crippen LogP contribution in [0.2, 0.25) is 5.02 Å². The first-order valence-electron chi connectivity index (χ1n) is 10.6. The Balaban J connectivity index is 1.51. The zero-order chi connectivity index (χ0) is 23.7. The minimum Gasteiger partial charge on any atom is -0.495 e. The second-order valence-corrected chi connectivity index (χ2v) is 9.36.